The van der Waals surface area contributed by atoms with Crippen molar-refractivity contribution in [3.05, 3.63) is 0 Å². The van der Waals surface area contributed by atoms with Crippen LogP contribution < -0.4 is 0 Å². The molecule has 0 aromatic rings. The van der Waals surface area contributed by atoms with Gasteiger partial charge in [0.25, 0.3) is 5.91 Å². The minimum absolute atomic E-state index is 0.162. The fraction of sp³-hybridized carbons (Fsp3) is 0.778. The number of ether oxygens (including phenoxy) is 1. The molecule has 2 aliphatic rings. The Morgan fingerprint density at radius 1 is 1.46 bits per heavy atom. The lowest BCUT2D eigenvalue weighted by Crippen LogP contribution is -2.34. The number of rotatable bonds is 2. The van der Waals surface area contributed by atoms with E-state index in [1.807, 2.05) is 0 Å². The molecule has 0 spiro atoms. The number of likely N-dealkylation sites (tertiary alicyclic amines) is 1. The summed E-state index contributed by atoms with van der Waals surface area (Å²) >= 11 is 0. The predicted molar refractivity (Wildman–Crippen MR) is 45.2 cm³/mol. The molecule has 1 unspecified atom stereocenters. The molecule has 0 radical (unpaired) electrons. The summed E-state index contributed by atoms with van der Waals surface area (Å²) in [5.74, 6) is -0.575. The average Bonchev–Trinajstić information content (AvgIpc) is 2.71. The third-order valence-electron chi connectivity index (χ3n) is 2.58. The van der Waals surface area contributed by atoms with Crippen LogP contribution in [-0.4, -0.2) is 42.4 Å². The molecule has 4 heteroatoms. The van der Waals surface area contributed by atoms with Crippen molar-refractivity contribution in [3.8, 4) is 0 Å². The number of hydrogen-bond donors (Lipinski definition) is 0. The van der Waals surface area contributed by atoms with E-state index in [1.54, 1.807) is 4.90 Å². The zero-order valence-electron chi connectivity index (χ0n) is 7.49. The molecule has 2 fully saturated rings. The molecule has 0 aromatic carbocycles. The summed E-state index contributed by atoms with van der Waals surface area (Å²) in [6.45, 7) is 1.97. The number of Topliss-reactive ketones (excluding diaryl/α,β-unsaturated/α-hetero) is 1. The monoisotopic (exact) mass is 183 g/mol. The van der Waals surface area contributed by atoms with E-state index in [9.17, 15) is 9.59 Å². The van der Waals surface area contributed by atoms with Crippen molar-refractivity contribution < 1.29 is 14.3 Å². The molecule has 0 aromatic heterocycles. The van der Waals surface area contributed by atoms with Gasteiger partial charge in [-0.3, -0.25) is 9.59 Å². The van der Waals surface area contributed by atoms with Gasteiger partial charge in [0.05, 0.1) is 6.10 Å². The van der Waals surface area contributed by atoms with Crippen molar-refractivity contribution in [2.24, 2.45) is 0 Å². The molecule has 4 nitrogen and oxygen atoms in total. The number of carbonyl (C=O) groups excluding carboxylic acids is 2. The van der Waals surface area contributed by atoms with E-state index in [2.05, 4.69) is 0 Å². The number of hydrogen-bond acceptors (Lipinski definition) is 3. The molecule has 2 rings (SSSR count). The standard InChI is InChI=1S/C9H13NO3/c11-8-3-4-10(9(8)12)6-7-2-1-5-13-7/h7H,1-6H2. The fourth-order valence-corrected chi connectivity index (χ4v) is 1.83. The number of nitrogens with zero attached hydrogens (tertiary/aromatic N) is 1. The van der Waals surface area contributed by atoms with Gasteiger partial charge >= 0.3 is 0 Å². The Morgan fingerprint density at radius 3 is 2.85 bits per heavy atom. The molecule has 2 heterocycles. The number of amides is 1. The van der Waals surface area contributed by atoms with Crippen LogP contribution in [0, 0.1) is 0 Å². The minimum atomic E-state index is -0.324. The van der Waals surface area contributed by atoms with Gasteiger partial charge in [-0.1, -0.05) is 0 Å². The van der Waals surface area contributed by atoms with Crippen molar-refractivity contribution in [1.82, 2.24) is 4.90 Å². The van der Waals surface area contributed by atoms with Crippen LogP contribution in [0.1, 0.15) is 19.3 Å². The van der Waals surface area contributed by atoms with Gasteiger partial charge in [0.2, 0.25) is 5.78 Å². The van der Waals surface area contributed by atoms with Crippen LogP contribution in [0.2, 0.25) is 0 Å². The second-order valence-corrected chi connectivity index (χ2v) is 3.56. The molecular weight excluding hydrogens is 170 g/mol. The van der Waals surface area contributed by atoms with Crippen LogP contribution in [0.5, 0.6) is 0 Å². The van der Waals surface area contributed by atoms with E-state index in [1.165, 1.54) is 0 Å². The maximum atomic E-state index is 11.2. The molecule has 13 heavy (non-hydrogen) atoms. The first-order valence-electron chi connectivity index (χ1n) is 4.71. The summed E-state index contributed by atoms with van der Waals surface area (Å²) in [6, 6.07) is 0. The van der Waals surface area contributed by atoms with Gasteiger partial charge in [-0.25, -0.2) is 0 Å². The van der Waals surface area contributed by atoms with Crippen molar-refractivity contribution >= 4 is 11.7 Å². The molecular formula is C9H13NO3. The third-order valence-corrected chi connectivity index (χ3v) is 2.58. The Kier molecular flexibility index (Phi) is 2.31. The van der Waals surface area contributed by atoms with Gasteiger partial charge in [0.15, 0.2) is 0 Å². The first-order chi connectivity index (χ1) is 6.27. The van der Waals surface area contributed by atoms with E-state index in [0.717, 1.165) is 19.4 Å². The first-order valence-corrected chi connectivity index (χ1v) is 4.71. The fourth-order valence-electron chi connectivity index (χ4n) is 1.83. The molecule has 1 amide bonds. The van der Waals surface area contributed by atoms with E-state index in [4.69, 9.17) is 4.74 Å². The summed E-state index contributed by atoms with van der Waals surface area (Å²) in [4.78, 5) is 23.7. The number of carbonyl (C=O) groups is 2. The Labute approximate surface area is 76.8 Å². The molecule has 1 atom stereocenters. The van der Waals surface area contributed by atoms with Gasteiger partial charge in [0, 0.05) is 26.1 Å². The molecule has 2 saturated heterocycles. The highest BCUT2D eigenvalue weighted by atomic mass is 16.5. The van der Waals surface area contributed by atoms with Gasteiger partial charge in [-0.15, -0.1) is 0 Å². The van der Waals surface area contributed by atoms with Crippen LogP contribution in [-0.2, 0) is 14.3 Å². The summed E-state index contributed by atoms with van der Waals surface area (Å²) in [5, 5.41) is 0. The van der Waals surface area contributed by atoms with Crippen molar-refractivity contribution in [1.29, 1.82) is 0 Å². The Balaban J connectivity index is 1.87. The van der Waals surface area contributed by atoms with Crippen LogP contribution in [0.4, 0.5) is 0 Å². The maximum Gasteiger partial charge on any atom is 0.290 e. The highest BCUT2D eigenvalue weighted by Gasteiger charge is 2.31. The summed E-state index contributed by atoms with van der Waals surface area (Å²) in [6.07, 6.45) is 2.62. The van der Waals surface area contributed by atoms with Gasteiger partial charge in [0.1, 0.15) is 0 Å². The molecule has 2 aliphatic heterocycles. The zero-order valence-corrected chi connectivity index (χ0v) is 7.49. The van der Waals surface area contributed by atoms with Crippen molar-refractivity contribution in [2.45, 2.75) is 25.4 Å². The first kappa shape index (κ1) is 8.69. The largest absolute Gasteiger partial charge is 0.376 e. The molecule has 0 aliphatic carbocycles. The molecule has 0 N–H and O–H groups in total. The quantitative estimate of drug-likeness (QED) is 0.565. The van der Waals surface area contributed by atoms with Crippen LogP contribution in [0.3, 0.4) is 0 Å². The number of ketones is 1. The van der Waals surface area contributed by atoms with Crippen molar-refractivity contribution in [3.63, 3.8) is 0 Å². The Bertz CT molecular complexity index is 233. The summed E-state index contributed by atoms with van der Waals surface area (Å²) in [5.41, 5.74) is 0. The lowest BCUT2D eigenvalue weighted by atomic mass is 10.2. The molecule has 72 valence electrons. The van der Waals surface area contributed by atoms with E-state index >= 15 is 0 Å². The van der Waals surface area contributed by atoms with Gasteiger partial charge < -0.3 is 9.64 Å². The van der Waals surface area contributed by atoms with Crippen molar-refractivity contribution in [2.75, 3.05) is 19.7 Å². The topological polar surface area (TPSA) is 46.6 Å². The lowest BCUT2D eigenvalue weighted by molar-refractivity contribution is -0.140. The van der Waals surface area contributed by atoms with E-state index in [-0.39, 0.29) is 17.8 Å². The van der Waals surface area contributed by atoms with Crippen LogP contribution in [0.25, 0.3) is 0 Å². The highest BCUT2D eigenvalue weighted by Crippen LogP contribution is 2.15. The molecule has 0 bridgehead atoms. The highest BCUT2D eigenvalue weighted by molar-refractivity contribution is 6.37. The Hall–Kier alpha value is -0.900. The second kappa shape index (κ2) is 3.46. The maximum absolute atomic E-state index is 11.2. The summed E-state index contributed by atoms with van der Waals surface area (Å²) in [7, 11) is 0. The van der Waals surface area contributed by atoms with E-state index < -0.39 is 0 Å². The molecule has 0 saturated carbocycles. The SMILES string of the molecule is O=C1CCN(CC2CCCO2)C1=O. The predicted octanol–water partition coefficient (Wildman–Crippen LogP) is -0.0332. The minimum Gasteiger partial charge on any atom is -0.376 e. The van der Waals surface area contributed by atoms with Crippen LogP contribution in [0.15, 0.2) is 0 Å². The smallest absolute Gasteiger partial charge is 0.290 e. The van der Waals surface area contributed by atoms with Gasteiger partial charge in [-0.05, 0) is 12.8 Å². The van der Waals surface area contributed by atoms with Crippen LogP contribution >= 0.6 is 0 Å². The zero-order chi connectivity index (χ0) is 9.26. The second-order valence-electron chi connectivity index (χ2n) is 3.56. The third kappa shape index (κ3) is 1.72. The lowest BCUT2D eigenvalue weighted by Gasteiger charge is -2.18. The summed E-state index contributed by atoms with van der Waals surface area (Å²) < 4.78 is 5.39. The van der Waals surface area contributed by atoms with E-state index in [0.29, 0.717) is 19.5 Å². The normalized spacial score (nSPS) is 28.9. The Morgan fingerprint density at radius 2 is 2.31 bits per heavy atom. The average molecular weight is 183 g/mol. The van der Waals surface area contributed by atoms with Gasteiger partial charge in [-0.2, -0.15) is 0 Å².